The number of nitrogens with two attached hydrogens (primary N) is 1. The lowest BCUT2D eigenvalue weighted by Crippen LogP contribution is -1.99. The molecule has 2 aromatic rings. The predicted octanol–water partition coefficient (Wildman–Crippen LogP) is 3.48. The van der Waals surface area contributed by atoms with Gasteiger partial charge in [0.1, 0.15) is 0 Å². The van der Waals surface area contributed by atoms with Crippen LogP contribution in [0.2, 0.25) is 0 Å². The number of ether oxygens (including phenoxy) is 1. The van der Waals surface area contributed by atoms with E-state index in [-0.39, 0.29) is 0 Å². The quantitative estimate of drug-likeness (QED) is 0.943. The molecule has 0 saturated carbocycles. The largest absolute Gasteiger partial charge is 0.435 e. The summed E-state index contributed by atoms with van der Waals surface area (Å²) < 4.78 is 6.55. The second kappa shape index (κ2) is 5.35. The van der Waals surface area contributed by atoms with Gasteiger partial charge < -0.3 is 10.5 Å². The molecular formula is C13H14BrN3O. The second-order valence-electron chi connectivity index (χ2n) is 3.90. The van der Waals surface area contributed by atoms with Crippen molar-refractivity contribution in [1.82, 2.24) is 9.97 Å². The third-order valence-electron chi connectivity index (χ3n) is 2.46. The SMILES string of the molecule is CCc1nc(C)ccc1Oc1ncc(Br)cc1N. The third-order valence-corrected chi connectivity index (χ3v) is 2.89. The zero-order chi connectivity index (χ0) is 13.1. The van der Waals surface area contributed by atoms with Crippen molar-refractivity contribution in [2.75, 3.05) is 5.73 Å². The molecule has 2 aromatic heterocycles. The highest BCUT2D eigenvalue weighted by Gasteiger charge is 2.09. The van der Waals surface area contributed by atoms with E-state index in [0.717, 1.165) is 22.3 Å². The average Bonchev–Trinajstić information content (AvgIpc) is 2.34. The maximum Gasteiger partial charge on any atom is 0.242 e. The predicted molar refractivity (Wildman–Crippen MR) is 74.8 cm³/mol. The van der Waals surface area contributed by atoms with Crippen LogP contribution in [0.15, 0.2) is 28.9 Å². The summed E-state index contributed by atoms with van der Waals surface area (Å²) in [5.74, 6) is 1.10. The molecule has 0 radical (unpaired) electrons. The first-order valence-electron chi connectivity index (χ1n) is 5.65. The molecule has 2 rings (SSSR count). The zero-order valence-corrected chi connectivity index (χ0v) is 11.9. The van der Waals surface area contributed by atoms with Gasteiger partial charge in [-0.25, -0.2) is 4.98 Å². The van der Waals surface area contributed by atoms with E-state index in [0.29, 0.717) is 17.3 Å². The van der Waals surface area contributed by atoms with Crippen molar-refractivity contribution in [3.8, 4) is 11.6 Å². The lowest BCUT2D eigenvalue weighted by molar-refractivity contribution is 0.456. The molecule has 0 aliphatic heterocycles. The molecule has 18 heavy (non-hydrogen) atoms. The fourth-order valence-corrected chi connectivity index (χ4v) is 1.92. The smallest absolute Gasteiger partial charge is 0.242 e. The Labute approximate surface area is 114 Å². The number of halogens is 1. The first kappa shape index (κ1) is 12.8. The van der Waals surface area contributed by atoms with Crippen molar-refractivity contribution in [1.29, 1.82) is 0 Å². The molecule has 0 fully saturated rings. The van der Waals surface area contributed by atoms with Crippen molar-refractivity contribution in [3.05, 3.63) is 40.3 Å². The van der Waals surface area contributed by atoms with Crippen LogP contribution in [0.5, 0.6) is 11.6 Å². The molecular weight excluding hydrogens is 294 g/mol. The van der Waals surface area contributed by atoms with Gasteiger partial charge in [-0.1, -0.05) is 6.92 Å². The lowest BCUT2D eigenvalue weighted by Gasteiger charge is -2.10. The number of hydrogen-bond acceptors (Lipinski definition) is 4. The van der Waals surface area contributed by atoms with E-state index < -0.39 is 0 Å². The number of aryl methyl sites for hydroxylation is 2. The van der Waals surface area contributed by atoms with Gasteiger partial charge in [0.05, 0.1) is 11.4 Å². The first-order valence-corrected chi connectivity index (χ1v) is 6.45. The highest BCUT2D eigenvalue weighted by molar-refractivity contribution is 9.10. The van der Waals surface area contributed by atoms with Gasteiger partial charge in [0, 0.05) is 16.4 Å². The van der Waals surface area contributed by atoms with Crippen LogP contribution in [-0.2, 0) is 6.42 Å². The van der Waals surface area contributed by atoms with E-state index in [1.807, 2.05) is 26.0 Å². The van der Waals surface area contributed by atoms with Crippen LogP contribution in [0.1, 0.15) is 18.3 Å². The lowest BCUT2D eigenvalue weighted by atomic mass is 10.2. The standard InChI is InChI=1S/C13H14BrN3O/c1-3-11-12(5-4-8(2)17-11)18-13-10(15)6-9(14)7-16-13/h4-7H,3,15H2,1-2H3. The maximum absolute atomic E-state index is 5.85. The van der Waals surface area contributed by atoms with E-state index in [2.05, 4.69) is 25.9 Å². The molecule has 0 amide bonds. The average molecular weight is 308 g/mol. The van der Waals surface area contributed by atoms with Crippen LogP contribution in [0.3, 0.4) is 0 Å². The Morgan fingerprint density at radius 1 is 1.39 bits per heavy atom. The van der Waals surface area contributed by atoms with Crippen molar-refractivity contribution in [3.63, 3.8) is 0 Å². The third kappa shape index (κ3) is 2.79. The Kier molecular flexibility index (Phi) is 3.81. The topological polar surface area (TPSA) is 61.0 Å². The van der Waals surface area contributed by atoms with Gasteiger partial charge >= 0.3 is 0 Å². The summed E-state index contributed by atoms with van der Waals surface area (Å²) in [6, 6.07) is 5.56. The Morgan fingerprint density at radius 2 is 2.17 bits per heavy atom. The van der Waals surface area contributed by atoms with Crippen molar-refractivity contribution < 1.29 is 4.74 Å². The molecule has 0 bridgehead atoms. The highest BCUT2D eigenvalue weighted by Crippen LogP contribution is 2.29. The minimum atomic E-state index is 0.401. The summed E-state index contributed by atoms with van der Waals surface area (Å²) in [5.41, 5.74) is 8.22. The molecule has 4 nitrogen and oxygen atoms in total. The molecule has 0 aromatic carbocycles. The van der Waals surface area contributed by atoms with Crippen LogP contribution >= 0.6 is 15.9 Å². The zero-order valence-electron chi connectivity index (χ0n) is 10.3. The molecule has 0 atom stereocenters. The number of aromatic nitrogens is 2. The number of anilines is 1. The van der Waals surface area contributed by atoms with Crippen LogP contribution in [0, 0.1) is 6.92 Å². The van der Waals surface area contributed by atoms with Gasteiger partial charge in [0.2, 0.25) is 5.88 Å². The number of nitrogen functional groups attached to an aromatic ring is 1. The molecule has 2 heterocycles. The summed E-state index contributed by atoms with van der Waals surface area (Å²) in [5, 5.41) is 0. The van der Waals surface area contributed by atoms with Crippen molar-refractivity contribution >= 4 is 21.6 Å². The number of pyridine rings is 2. The van der Waals surface area contributed by atoms with Crippen molar-refractivity contribution in [2.24, 2.45) is 0 Å². The Bertz CT molecular complexity index is 572. The van der Waals surface area contributed by atoms with E-state index >= 15 is 0 Å². The number of rotatable bonds is 3. The second-order valence-corrected chi connectivity index (χ2v) is 4.82. The fourth-order valence-electron chi connectivity index (χ4n) is 1.58. The summed E-state index contributed by atoms with van der Waals surface area (Å²) >= 11 is 3.31. The molecule has 0 unspecified atom stereocenters. The van der Waals surface area contributed by atoms with Gasteiger partial charge in [-0.15, -0.1) is 0 Å². The molecule has 0 aliphatic rings. The maximum atomic E-state index is 5.85. The van der Waals surface area contributed by atoms with Crippen LogP contribution in [-0.4, -0.2) is 9.97 Å². The molecule has 2 N–H and O–H groups in total. The summed E-state index contributed by atoms with van der Waals surface area (Å²) in [6.45, 7) is 3.99. The molecule has 0 saturated heterocycles. The van der Waals surface area contributed by atoms with Crippen LogP contribution in [0.4, 0.5) is 5.69 Å². The van der Waals surface area contributed by atoms with Gasteiger partial charge in [-0.3, -0.25) is 4.98 Å². The van der Waals surface area contributed by atoms with Crippen LogP contribution < -0.4 is 10.5 Å². The Morgan fingerprint density at radius 3 is 2.83 bits per heavy atom. The van der Waals surface area contributed by atoms with Gasteiger partial charge in [-0.05, 0) is 47.5 Å². The van der Waals surface area contributed by atoms with E-state index in [4.69, 9.17) is 10.5 Å². The summed E-state index contributed by atoms with van der Waals surface area (Å²) in [6.07, 6.45) is 2.45. The van der Waals surface area contributed by atoms with E-state index in [1.165, 1.54) is 0 Å². The minimum absolute atomic E-state index is 0.401. The van der Waals surface area contributed by atoms with Crippen molar-refractivity contribution in [2.45, 2.75) is 20.3 Å². The normalized spacial score (nSPS) is 10.4. The number of hydrogen-bond donors (Lipinski definition) is 1. The monoisotopic (exact) mass is 307 g/mol. The highest BCUT2D eigenvalue weighted by atomic mass is 79.9. The van der Waals surface area contributed by atoms with Gasteiger partial charge in [0.15, 0.2) is 5.75 Å². The fraction of sp³-hybridized carbons (Fsp3) is 0.231. The van der Waals surface area contributed by atoms with Gasteiger partial charge in [-0.2, -0.15) is 0 Å². The summed E-state index contributed by atoms with van der Waals surface area (Å²) in [7, 11) is 0. The Balaban J connectivity index is 2.33. The van der Waals surface area contributed by atoms with E-state index in [9.17, 15) is 0 Å². The molecule has 0 spiro atoms. The molecule has 5 heteroatoms. The molecule has 0 aliphatic carbocycles. The Hall–Kier alpha value is -1.62. The van der Waals surface area contributed by atoms with Gasteiger partial charge in [0.25, 0.3) is 0 Å². The van der Waals surface area contributed by atoms with E-state index in [1.54, 1.807) is 12.3 Å². The number of nitrogens with zero attached hydrogens (tertiary/aromatic N) is 2. The van der Waals surface area contributed by atoms with Crippen LogP contribution in [0.25, 0.3) is 0 Å². The minimum Gasteiger partial charge on any atom is -0.435 e. The molecule has 94 valence electrons. The first-order chi connectivity index (χ1) is 8.60. The summed E-state index contributed by atoms with van der Waals surface area (Å²) in [4.78, 5) is 8.58.